The zero-order chi connectivity index (χ0) is 11.5. The molecule has 1 aliphatic rings. The number of hydrogen-bond donors (Lipinski definition) is 2. The van der Waals surface area contributed by atoms with Crippen LogP contribution in [0.15, 0.2) is 22.7 Å². The van der Waals surface area contributed by atoms with Crippen molar-refractivity contribution < 1.29 is 5.11 Å². The van der Waals surface area contributed by atoms with Gasteiger partial charge >= 0.3 is 0 Å². The Bertz CT molecular complexity index is 350. The highest BCUT2D eigenvalue weighted by Gasteiger charge is 2.21. The summed E-state index contributed by atoms with van der Waals surface area (Å²) in [6.45, 7) is 3.28. The Hall–Kier alpha value is -0.580. The van der Waals surface area contributed by atoms with Crippen molar-refractivity contribution in [1.82, 2.24) is 4.90 Å². The number of benzene rings is 1. The monoisotopic (exact) mass is 284 g/mol. The van der Waals surface area contributed by atoms with Gasteiger partial charge in [-0.1, -0.05) is 15.9 Å². The summed E-state index contributed by atoms with van der Waals surface area (Å²) in [5, 5.41) is 9.08. The number of nitrogens with zero attached hydrogens (tertiary/aromatic N) is 1. The van der Waals surface area contributed by atoms with E-state index in [0.717, 1.165) is 36.2 Å². The van der Waals surface area contributed by atoms with Gasteiger partial charge in [-0.25, -0.2) is 0 Å². The molecule has 0 aromatic heterocycles. The Balaban J connectivity index is 1.99. The van der Waals surface area contributed by atoms with Crippen molar-refractivity contribution in [2.75, 3.05) is 25.4 Å². The molecular weight excluding hydrogens is 268 g/mol. The second-order valence-corrected chi connectivity index (χ2v) is 5.38. The average Bonchev–Trinajstić information content (AvgIpc) is 2.64. The van der Waals surface area contributed by atoms with Crippen LogP contribution < -0.4 is 5.73 Å². The number of halogens is 1. The van der Waals surface area contributed by atoms with Crippen LogP contribution in [-0.4, -0.2) is 29.7 Å². The quantitative estimate of drug-likeness (QED) is 0.833. The first-order chi connectivity index (χ1) is 7.67. The van der Waals surface area contributed by atoms with Crippen molar-refractivity contribution in [2.24, 2.45) is 5.92 Å². The second kappa shape index (κ2) is 5.17. The van der Waals surface area contributed by atoms with Crippen molar-refractivity contribution >= 4 is 21.6 Å². The van der Waals surface area contributed by atoms with Gasteiger partial charge in [0.05, 0.1) is 0 Å². The van der Waals surface area contributed by atoms with E-state index in [9.17, 15) is 0 Å². The van der Waals surface area contributed by atoms with Gasteiger partial charge in [0.2, 0.25) is 0 Å². The first kappa shape index (κ1) is 11.9. The smallest absolute Gasteiger partial charge is 0.0471 e. The molecule has 3 N–H and O–H groups in total. The number of anilines is 1. The predicted molar refractivity (Wildman–Crippen MR) is 69.0 cm³/mol. The molecule has 0 bridgehead atoms. The molecule has 0 aliphatic carbocycles. The van der Waals surface area contributed by atoms with Gasteiger partial charge in [0, 0.05) is 29.9 Å². The van der Waals surface area contributed by atoms with Gasteiger partial charge in [0.1, 0.15) is 0 Å². The summed E-state index contributed by atoms with van der Waals surface area (Å²) in [5.41, 5.74) is 7.82. The van der Waals surface area contributed by atoms with E-state index in [4.69, 9.17) is 10.8 Å². The average molecular weight is 285 g/mol. The Kier molecular flexibility index (Phi) is 3.84. The van der Waals surface area contributed by atoms with Crippen LogP contribution in [0.1, 0.15) is 12.0 Å². The molecule has 1 saturated heterocycles. The SMILES string of the molecule is Nc1cc(Br)cc(CN2CCC(CO)C2)c1. The summed E-state index contributed by atoms with van der Waals surface area (Å²) in [4.78, 5) is 2.36. The Labute approximate surface area is 104 Å². The van der Waals surface area contributed by atoms with E-state index in [-0.39, 0.29) is 0 Å². The van der Waals surface area contributed by atoms with E-state index >= 15 is 0 Å². The van der Waals surface area contributed by atoms with E-state index in [1.165, 1.54) is 5.56 Å². The largest absolute Gasteiger partial charge is 0.399 e. The van der Waals surface area contributed by atoms with Crippen molar-refractivity contribution in [1.29, 1.82) is 0 Å². The van der Waals surface area contributed by atoms with Crippen molar-refractivity contribution in [3.63, 3.8) is 0 Å². The van der Waals surface area contributed by atoms with Crippen molar-refractivity contribution in [3.8, 4) is 0 Å². The molecule has 1 aromatic rings. The fourth-order valence-corrected chi connectivity index (χ4v) is 2.79. The molecule has 0 amide bonds. The molecule has 88 valence electrons. The van der Waals surface area contributed by atoms with Crippen LogP contribution in [0.5, 0.6) is 0 Å². The summed E-state index contributed by atoms with van der Waals surface area (Å²) >= 11 is 3.45. The molecule has 3 nitrogen and oxygen atoms in total. The highest BCUT2D eigenvalue weighted by molar-refractivity contribution is 9.10. The summed E-state index contributed by atoms with van der Waals surface area (Å²) in [6.07, 6.45) is 1.10. The first-order valence-corrected chi connectivity index (χ1v) is 6.35. The van der Waals surface area contributed by atoms with E-state index in [1.807, 2.05) is 12.1 Å². The van der Waals surface area contributed by atoms with Gasteiger partial charge in [-0.15, -0.1) is 0 Å². The number of nitrogen functional groups attached to an aromatic ring is 1. The van der Waals surface area contributed by atoms with Crippen LogP contribution in [0.2, 0.25) is 0 Å². The summed E-state index contributed by atoms with van der Waals surface area (Å²) < 4.78 is 1.03. The molecule has 1 fully saturated rings. The number of nitrogens with two attached hydrogens (primary N) is 1. The van der Waals surface area contributed by atoms with E-state index in [0.29, 0.717) is 12.5 Å². The maximum atomic E-state index is 9.08. The minimum Gasteiger partial charge on any atom is -0.399 e. The molecule has 1 unspecified atom stereocenters. The third-order valence-electron chi connectivity index (χ3n) is 3.01. The molecule has 1 atom stereocenters. The number of likely N-dealkylation sites (tertiary alicyclic amines) is 1. The summed E-state index contributed by atoms with van der Waals surface area (Å²) in [6, 6.07) is 6.02. The van der Waals surface area contributed by atoms with Gasteiger partial charge in [0.25, 0.3) is 0 Å². The van der Waals surface area contributed by atoms with E-state index in [2.05, 4.69) is 26.9 Å². The predicted octanol–water partition coefficient (Wildman–Crippen LogP) is 1.85. The van der Waals surface area contributed by atoms with Crippen molar-refractivity contribution in [2.45, 2.75) is 13.0 Å². The van der Waals surface area contributed by atoms with Crippen LogP contribution in [0, 0.1) is 5.92 Å². The van der Waals surface area contributed by atoms with Gasteiger partial charge in [-0.3, -0.25) is 4.90 Å². The second-order valence-electron chi connectivity index (χ2n) is 4.47. The molecule has 1 aromatic carbocycles. The lowest BCUT2D eigenvalue weighted by molar-refractivity contribution is 0.220. The Morgan fingerprint density at radius 1 is 1.44 bits per heavy atom. The van der Waals surface area contributed by atoms with E-state index < -0.39 is 0 Å². The van der Waals surface area contributed by atoms with Crippen LogP contribution in [-0.2, 0) is 6.54 Å². The number of aliphatic hydroxyl groups is 1. The Morgan fingerprint density at radius 3 is 2.88 bits per heavy atom. The lowest BCUT2D eigenvalue weighted by Gasteiger charge is -2.16. The number of aliphatic hydroxyl groups excluding tert-OH is 1. The zero-order valence-corrected chi connectivity index (χ0v) is 10.8. The molecule has 16 heavy (non-hydrogen) atoms. The third kappa shape index (κ3) is 2.97. The minimum absolute atomic E-state index is 0.303. The maximum Gasteiger partial charge on any atom is 0.0471 e. The van der Waals surface area contributed by atoms with Crippen LogP contribution in [0.25, 0.3) is 0 Å². The Morgan fingerprint density at radius 2 is 2.25 bits per heavy atom. The molecule has 1 heterocycles. The fraction of sp³-hybridized carbons (Fsp3) is 0.500. The minimum atomic E-state index is 0.303. The zero-order valence-electron chi connectivity index (χ0n) is 9.19. The first-order valence-electron chi connectivity index (χ1n) is 5.55. The standard InChI is InChI=1S/C12H17BrN2O/c13-11-3-10(4-12(14)5-11)7-15-2-1-9(6-15)8-16/h3-5,9,16H,1-2,6-8,14H2. The van der Waals surface area contributed by atoms with Gasteiger partial charge in [-0.2, -0.15) is 0 Å². The van der Waals surface area contributed by atoms with Crippen LogP contribution in [0.4, 0.5) is 5.69 Å². The normalized spacial score (nSPS) is 21.5. The van der Waals surface area contributed by atoms with E-state index in [1.54, 1.807) is 0 Å². The molecule has 0 radical (unpaired) electrons. The third-order valence-corrected chi connectivity index (χ3v) is 3.47. The molecule has 0 saturated carbocycles. The molecular formula is C12H17BrN2O. The summed E-state index contributed by atoms with van der Waals surface area (Å²) in [7, 11) is 0. The van der Waals surface area contributed by atoms with Gasteiger partial charge in [-0.05, 0) is 42.6 Å². The van der Waals surface area contributed by atoms with Gasteiger partial charge < -0.3 is 10.8 Å². The van der Waals surface area contributed by atoms with Crippen LogP contribution >= 0.6 is 15.9 Å². The molecule has 2 rings (SSSR count). The lowest BCUT2D eigenvalue weighted by atomic mass is 10.1. The van der Waals surface area contributed by atoms with Gasteiger partial charge in [0.15, 0.2) is 0 Å². The highest BCUT2D eigenvalue weighted by Crippen LogP contribution is 2.22. The number of hydrogen-bond acceptors (Lipinski definition) is 3. The topological polar surface area (TPSA) is 49.5 Å². The van der Waals surface area contributed by atoms with Crippen LogP contribution in [0.3, 0.4) is 0 Å². The lowest BCUT2D eigenvalue weighted by Crippen LogP contribution is -2.21. The molecule has 1 aliphatic heterocycles. The fourth-order valence-electron chi connectivity index (χ4n) is 2.23. The van der Waals surface area contributed by atoms with Crippen molar-refractivity contribution in [3.05, 3.63) is 28.2 Å². The molecule has 4 heteroatoms. The number of rotatable bonds is 3. The highest BCUT2D eigenvalue weighted by atomic mass is 79.9. The summed E-state index contributed by atoms with van der Waals surface area (Å²) in [5.74, 6) is 0.449. The molecule has 0 spiro atoms. The maximum absolute atomic E-state index is 9.08.